The molecule has 1 N–H and O–H groups in total. The summed E-state index contributed by atoms with van der Waals surface area (Å²) in [7, 11) is 0. The van der Waals surface area contributed by atoms with Gasteiger partial charge in [0.2, 0.25) is 0 Å². The van der Waals surface area contributed by atoms with Gasteiger partial charge in [0.1, 0.15) is 17.1 Å². The van der Waals surface area contributed by atoms with Crippen LogP contribution in [0.1, 0.15) is 27.1 Å². The molecule has 0 atom stereocenters. The van der Waals surface area contributed by atoms with Crippen LogP contribution in [0.2, 0.25) is 0 Å². The zero-order valence-electron chi connectivity index (χ0n) is 17.5. The van der Waals surface area contributed by atoms with Gasteiger partial charge in [0.15, 0.2) is 11.6 Å². The molecule has 4 aromatic rings. The smallest absolute Gasteiger partial charge is 0.406 e. The number of pyridine rings is 1. The molecule has 1 aromatic carbocycles. The van der Waals surface area contributed by atoms with Gasteiger partial charge in [0, 0.05) is 11.8 Å². The monoisotopic (exact) mass is 484 g/mol. The lowest BCUT2D eigenvalue weighted by Crippen LogP contribution is -2.17. The first-order chi connectivity index (χ1) is 16.2. The number of anilines is 1. The minimum atomic E-state index is -4.85. The predicted molar refractivity (Wildman–Crippen MR) is 120 cm³/mol. The SMILES string of the molecule is CC(=O)c1ccc(-c2nc(NC(=O)c3ccccn3)cnc2-c2cccc(OC(F)(F)F)c2)s1. The van der Waals surface area contributed by atoms with E-state index in [-0.39, 0.29) is 28.7 Å². The zero-order chi connectivity index (χ0) is 24.3. The van der Waals surface area contributed by atoms with Crippen molar-refractivity contribution in [3.63, 3.8) is 0 Å². The Kier molecular flexibility index (Phi) is 6.37. The van der Waals surface area contributed by atoms with Gasteiger partial charge in [-0.15, -0.1) is 24.5 Å². The number of hydrogen-bond donors (Lipinski definition) is 1. The first-order valence-corrected chi connectivity index (χ1v) is 10.6. The molecule has 0 radical (unpaired) electrons. The Morgan fingerprint density at radius 1 is 1.00 bits per heavy atom. The van der Waals surface area contributed by atoms with Gasteiger partial charge >= 0.3 is 6.36 Å². The lowest BCUT2D eigenvalue weighted by atomic mass is 10.1. The number of ether oxygens (including phenoxy) is 1. The van der Waals surface area contributed by atoms with Crippen LogP contribution in [0.4, 0.5) is 19.0 Å². The van der Waals surface area contributed by atoms with Crippen molar-refractivity contribution in [2.24, 2.45) is 0 Å². The molecule has 11 heteroatoms. The van der Waals surface area contributed by atoms with E-state index in [1.165, 1.54) is 43.6 Å². The molecule has 0 fully saturated rings. The second kappa shape index (κ2) is 9.40. The van der Waals surface area contributed by atoms with E-state index in [1.54, 1.807) is 30.3 Å². The van der Waals surface area contributed by atoms with Gasteiger partial charge in [-0.25, -0.2) is 4.98 Å². The molecule has 3 aromatic heterocycles. The number of amides is 1. The van der Waals surface area contributed by atoms with Crippen LogP contribution < -0.4 is 10.1 Å². The molecule has 0 aliphatic rings. The Balaban J connectivity index is 1.76. The number of thiophene rings is 1. The van der Waals surface area contributed by atoms with Crippen molar-refractivity contribution in [2.75, 3.05) is 5.32 Å². The van der Waals surface area contributed by atoms with E-state index in [2.05, 4.69) is 25.0 Å². The van der Waals surface area contributed by atoms with Crippen LogP contribution in [0.25, 0.3) is 21.8 Å². The number of benzene rings is 1. The molecule has 0 aliphatic heterocycles. The Hall–Kier alpha value is -4.12. The van der Waals surface area contributed by atoms with Crippen molar-refractivity contribution >= 4 is 28.8 Å². The topological polar surface area (TPSA) is 94.1 Å². The highest BCUT2D eigenvalue weighted by Gasteiger charge is 2.31. The quantitative estimate of drug-likeness (QED) is 0.357. The van der Waals surface area contributed by atoms with Crippen molar-refractivity contribution in [3.8, 4) is 27.6 Å². The highest BCUT2D eigenvalue weighted by Crippen LogP contribution is 2.36. The number of carbonyl (C=O) groups is 2. The molecular formula is C23H15F3N4O3S. The number of Topliss-reactive ketones (excluding diaryl/α,β-unsaturated/α-hetero) is 1. The molecular weight excluding hydrogens is 469 g/mol. The number of carbonyl (C=O) groups excluding carboxylic acids is 2. The Morgan fingerprint density at radius 2 is 1.82 bits per heavy atom. The standard InChI is InChI=1S/C23H15F3N4O3S/c1-13(31)17-8-9-18(34-17)21-20(14-5-4-6-15(11-14)33-23(24,25)26)28-12-19(29-21)30-22(32)16-7-2-3-10-27-16/h2-12H,1H3,(H,29,30,32). The largest absolute Gasteiger partial charge is 0.573 e. The summed E-state index contributed by atoms with van der Waals surface area (Å²) in [5, 5.41) is 2.61. The molecule has 172 valence electrons. The van der Waals surface area contributed by atoms with E-state index in [0.29, 0.717) is 15.3 Å². The van der Waals surface area contributed by atoms with Crippen LogP contribution in [-0.4, -0.2) is 33.0 Å². The number of aromatic nitrogens is 3. The molecule has 34 heavy (non-hydrogen) atoms. The minimum Gasteiger partial charge on any atom is -0.406 e. The second-order valence-corrected chi connectivity index (χ2v) is 8.00. The normalized spacial score (nSPS) is 11.2. The summed E-state index contributed by atoms with van der Waals surface area (Å²) in [6.45, 7) is 1.42. The third-order valence-electron chi connectivity index (χ3n) is 4.44. The summed E-state index contributed by atoms with van der Waals surface area (Å²) < 4.78 is 42.1. The Labute approximate surface area is 195 Å². The zero-order valence-corrected chi connectivity index (χ0v) is 18.3. The molecule has 0 saturated heterocycles. The second-order valence-electron chi connectivity index (χ2n) is 6.92. The summed E-state index contributed by atoms with van der Waals surface area (Å²) in [6, 6.07) is 13.5. The van der Waals surface area contributed by atoms with Crippen LogP contribution in [0.15, 0.2) is 67.0 Å². The molecule has 0 unspecified atom stereocenters. The average molecular weight is 484 g/mol. The lowest BCUT2D eigenvalue weighted by molar-refractivity contribution is -0.274. The highest BCUT2D eigenvalue weighted by atomic mass is 32.1. The van der Waals surface area contributed by atoms with Crippen molar-refractivity contribution in [1.29, 1.82) is 0 Å². The van der Waals surface area contributed by atoms with Crippen molar-refractivity contribution in [1.82, 2.24) is 15.0 Å². The molecule has 0 spiro atoms. The molecule has 3 heterocycles. The third-order valence-corrected chi connectivity index (χ3v) is 5.63. The summed E-state index contributed by atoms with van der Waals surface area (Å²) in [4.78, 5) is 38.1. The van der Waals surface area contributed by atoms with Crippen LogP contribution in [0, 0.1) is 0 Å². The minimum absolute atomic E-state index is 0.106. The van der Waals surface area contributed by atoms with Gasteiger partial charge in [0.05, 0.1) is 21.6 Å². The summed E-state index contributed by atoms with van der Waals surface area (Å²) in [5.74, 6) is -0.966. The fourth-order valence-corrected chi connectivity index (χ4v) is 3.90. The van der Waals surface area contributed by atoms with Crippen LogP contribution in [0.3, 0.4) is 0 Å². The fourth-order valence-electron chi connectivity index (χ4n) is 3.00. The molecule has 0 bridgehead atoms. The maximum Gasteiger partial charge on any atom is 0.573 e. The highest BCUT2D eigenvalue weighted by molar-refractivity contribution is 7.17. The van der Waals surface area contributed by atoms with Crippen molar-refractivity contribution in [2.45, 2.75) is 13.3 Å². The molecule has 0 saturated carbocycles. The van der Waals surface area contributed by atoms with E-state index in [4.69, 9.17) is 0 Å². The fraction of sp³-hybridized carbons (Fsp3) is 0.0870. The first-order valence-electron chi connectivity index (χ1n) is 9.76. The number of nitrogens with zero attached hydrogens (tertiary/aromatic N) is 3. The number of hydrogen-bond acceptors (Lipinski definition) is 7. The number of alkyl halides is 3. The molecule has 7 nitrogen and oxygen atoms in total. The summed E-state index contributed by atoms with van der Waals surface area (Å²) in [6.07, 6.45) is -2.09. The van der Waals surface area contributed by atoms with E-state index in [0.717, 1.165) is 11.3 Å². The van der Waals surface area contributed by atoms with Crippen molar-refractivity contribution < 1.29 is 27.5 Å². The maximum atomic E-state index is 12.7. The third kappa shape index (κ3) is 5.44. The summed E-state index contributed by atoms with van der Waals surface area (Å²) in [5.41, 5.74) is 1.01. The van der Waals surface area contributed by atoms with Gasteiger partial charge in [0.25, 0.3) is 5.91 Å². The molecule has 4 rings (SSSR count). The van der Waals surface area contributed by atoms with Gasteiger partial charge in [-0.3, -0.25) is 19.6 Å². The number of nitrogens with one attached hydrogen (secondary N) is 1. The van der Waals surface area contributed by atoms with Crippen LogP contribution in [0.5, 0.6) is 5.75 Å². The van der Waals surface area contributed by atoms with E-state index in [9.17, 15) is 22.8 Å². The summed E-state index contributed by atoms with van der Waals surface area (Å²) >= 11 is 1.15. The van der Waals surface area contributed by atoms with E-state index < -0.39 is 18.0 Å². The first kappa shape index (κ1) is 23.1. The van der Waals surface area contributed by atoms with Gasteiger partial charge < -0.3 is 10.1 Å². The molecule has 1 amide bonds. The average Bonchev–Trinajstić information content (AvgIpc) is 3.29. The number of ketones is 1. The van der Waals surface area contributed by atoms with Gasteiger partial charge in [-0.05, 0) is 43.3 Å². The van der Waals surface area contributed by atoms with Crippen LogP contribution >= 0.6 is 11.3 Å². The Morgan fingerprint density at radius 3 is 2.50 bits per heavy atom. The maximum absolute atomic E-state index is 12.7. The number of halogens is 3. The van der Waals surface area contributed by atoms with E-state index >= 15 is 0 Å². The Bertz CT molecular complexity index is 1360. The molecule has 0 aliphatic carbocycles. The van der Waals surface area contributed by atoms with Gasteiger partial charge in [-0.2, -0.15) is 0 Å². The van der Waals surface area contributed by atoms with Crippen LogP contribution in [-0.2, 0) is 0 Å². The predicted octanol–water partition coefficient (Wildman–Crippen LogP) is 5.62. The van der Waals surface area contributed by atoms with Gasteiger partial charge in [-0.1, -0.05) is 18.2 Å². The lowest BCUT2D eigenvalue weighted by Gasteiger charge is -2.12. The number of rotatable bonds is 6. The van der Waals surface area contributed by atoms with Crippen molar-refractivity contribution in [3.05, 3.63) is 77.6 Å². The van der Waals surface area contributed by atoms with E-state index in [1.807, 2.05) is 0 Å².